The van der Waals surface area contributed by atoms with Crippen LogP contribution in [0.1, 0.15) is 82.5 Å². The zero-order chi connectivity index (χ0) is 28.4. The summed E-state index contributed by atoms with van der Waals surface area (Å²) in [6.45, 7) is 10.5. The van der Waals surface area contributed by atoms with Crippen LogP contribution in [0.2, 0.25) is 0 Å². The maximum absolute atomic E-state index is 12.0. The van der Waals surface area contributed by atoms with Crippen molar-refractivity contribution in [2.24, 2.45) is 0 Å². The molecule has 0 aliphatic rings. The Kier molecular flexibility index (Phi) is 8.37. The molecule has 0 unspecified atom stereocenters. The van der Waals surface area contributed by atoms with Gasteiger partial charge in [0.2, 0.25) is 0 Å². The van der Waals surface area contributed by atoms with E-state index in [9.17, 15) is 40.2 Å². The van der Waals surface area contributed by atoms with E-state index in [0.717, 1.165) is 0 Å². The van der Waals surface area contributed by atoms with Crippen molar-refractivity contribution >= 4 is 71.9 Å². The van der Waals surface area contributed by atoms with Crippen molar-refractivity contribution in [2.75, 3.05) is 0 Å². The zero-order valence-electron chi connectivity index (χ0n) is 22.0. The molecule has 0 radical (unpaired) electrons. The van der Waals surface area contributed by atoms with E-state index in [0.29, 0.717) is 45.6 Å². The predicted octanol–water partition coefficient (Wildman–Crippen LogP) is 5.47. The van der Waals surface area contributed by atoms with Crippen LogP contribution in [-0.2, 0) is 0 Å². The van der Waals surface area contributed by atoms with Gasteiger partial charge in [-0.15, -0.1) is 0 Å². The number of aldehydes is 2. The summed E-state index contributed by atoms with van der Waals surface area (Å²) in [5.41, 5.74) is 1.33. The minimum absolute atomic E-state index is 0. The number of phenols is 6. The maximum atomic E-state index is 12.0. The van der Waals surface area contributed by atoms with Gasteiger partial charge in [-0.05, 0) is 47.6 Å². The van der Waals surface area contributed by atoms with Crippen LogP contribution in [0.3, 0.4) is 0 Å². The molecule has 0 amide bonds. The molecule has 4 aromatic rings. The third-order valence-corrected chi connectivity index (χ3v) is 7.22. The van der Waals surface area contributed by atoms with Gasteiger partial charge in [0, 0.05) is 33.0 Å². The van der Waals surface area contributed by atoms with Crippen molar-refractivity contribution in [1.82, 2.24) is 0 Å². The van der Waals surface area contributed by atoms with Crippen LogP contribution < -0.4 is 0 Å². The Morgan fingerprint density at radius 2 is 0.872 bits per heavy atom. The molecular weight excluding hydrogens is 528 g/mol. The van der Waals surface area contributed by atoms with E-state index in [1.807, 2.05) is 0 Å². The molecular formula is C30H32CaO8. The van der Waals surface area contributed by atoms with E-state index in [2.05, 4.69) is 0 Å². The second-order valence-electron chi connectivity index (χ2n) is 10.3. The molecule has 0 aliphatic heterocycles. The van der Waals surface area contributed by atoms with Gasteiger partial charge in [0.25, 0.3) is 0 Å². The molecule has 4 rings (SSSR count). The van der Waals surface area contributed by atoms with Crippen molar-refractivity contribution in [1.29, 1.82) is 0 Å². The van der Waals surface area contributed by atoms with Crippen LogP contribution in [-0.4, -0.2) is 80.9 Å². The third-order valence-electron chi connectivity index (χ3n) is 7.22. The van der Waals surface area contributed by atoms with Gasteiger partial charge < -0.3 is 30.6 Å². The quantitative estimate of drug-likeness (QED) is 0.107. The Labute approximate surface area is 255 Å². The van der Waals surface area contributed by atoms with E-state index in [-0.39, 0.29) is 82.6 Å². The molecule has 4 aromatic carbocycles. The van der Waals surface area contributed by atoms with Gasteiger partial charge in [0.05, 0.1) is 11.1 Å². The topological polar surface area (TPSA) is 156 Å². The van der Waals surface area contributed by atoms with Crippen molar-refractivity contribution < 1.29 is 40.2 Å². The minimum atomic E-state index is -0.661. The van der Waals surface area contributed by atoms with Gasteiger partial charge in [-0.25, -0.2) is 0 Å². The molecule has 0 atom stereocenters. The van der Waals surface area contributed by atoms with Crippen molar-refractivity contribution in [3.8, 4) is 45.6 Å². The Bertz CT molecular complexity index is 1560. The Morgan fingerprint density at radius 3 is 1.13 bits per heavy atom. The van der Waals surface area contributed by atoms with Gasteiger partial charge in [-0.2, -0.15) is 0 Å². The van der Waals surface area contributed by atoms with E-state index < -0.39 is 34.5 Å². The summed E-state index contributed by atoms with van der Waals surface area (Å²) >= 11 is 0. The van der Waals surface area contributed by atoms with Crippen LogP contribution in [0, 0.1) is 13.8 Å². The van der Waals surface area contributed by atoms with Gasteiger partial charge in [0.15, 0.2) is 35.6 Å². The van der Waals surface area contributed by atoms with Crippen LogP contribution in [0.15, 0.2) is 12.1 Å². The van der Waals surface area contributed by atoms with E-state index in [4.69, 9.17) is 0 Å². The number of rotatable bonds is 5. The van der Waals surface area contributed by atoms with E-state index in [1.54, 1.807) is 53.7 Å². The summed E-state index contributed by atoms with van der Waals surface area (Å²) in [4.78, 5) is 24.0. The number of phenolic OH excluding ortho intramolecular Hbond substituents is 6. The Hall–Kier alpha value is -3.20. The first-order valence-corrected chi connectivity index (χ1v) is 12.2. The molecule has 9 heteroatoms. The summed E-state index contributed by atoms with van der Waals surface area (Å²) < 4.78 is 0. The van der Waals surface area contributed by atoms with Gasteiger partial charge in [-0.1, -0.05) is 39.8 Å². The fourth-order valence-electron chi connectivity index (χ4n) is 5.60. The number of hydrogen-bond acceptors (Lipinski definition) is 8. The Balaban J connectivity index is 0.00000420. The number of fused-ring (bicyclic) bond motifs is 2. The second-order valence-corrected chi connectivity index (χ2v) is 10.3. The molecule has 39 heavy (non-hydrogen) atoms. The predicted molar refractivity (Wildman–Crippen MR) is 154 cm³/mol. The molecule has 0 fully saturated rings. The van der Waals surface area contributed by atoms with Gasteiger partial charge in [-0.3, -0.25) is 9.59 Å². The zero-order valence-corrected chi connectivity index (χ0v) is 22.0. The molecule has 0 saturated carbocycles. The van der Waals surface area contributed by atoms with Crippen LogP contribution >= 0.6 is 0 Å². The average molecular weight is 561 g/mol. The van der Waals surface area contributed by atoms with Gasteiger partial charge in [0.1, 0.15) is 11.5 Å². The molecule has 8 nitrogen and oxygen atoms in total. The van der Waals surface area contributed by atoms with Crippen molar-refractivity contribution in [3.63, 3.8) is 0 Å². The average Bonchev–Trinajstić information content (AvgIpc) is 2.83. The molecule has 0 saturated heterocycles. The summed E-state index contributed by atoms with van der Waals surface area (Å²) in [5.74, 6) is -3.57. The van der Waals surface area contributed by atoms with E-state index >= 15 is 0 Å². The number of aromatic hydroxyl groups is 6. The SMILES string of the molecule is Cc1cc2c(C(C)C)c(O)c(O)c(C=O)c2c(O)c1-c1c(C)cc2c(C(C)C)c(O)c(O)c(C=O)c2c1O.[CaH2]. The summed E-state index contributed by atoms with van der Waals surface area (Å²) in [7, 11) is 0. The number of hydrogen-bond donors (Lipinski definition) is 6. The van der Waals surface area contributed by atoms with Crippen molar-refractivity contribution in [3.05, 3.63) is 45.5 Å². The first kappa shape index (κ1) is 30.3. The first-order chi connectivity index (χ1) is 17.8. The molecule has 202 valence electrons. The van der Waals surface area contributed by atoms with Crippen LogP contribution in [0.5, 0.6) is 34.5 Å². The second kappa shape index (κ2) is 10.8. The van der Waals surface area contributed by atoms with E-state index in [1.165, 1.54) is 0 Å². The number of benzene rings is 4. The summed E-state index contributed by atoms with van der Waals surface area (Å²) in [5, 5.41) is 66.4. The fraction of sp³-hybridized carbons (Fsp3) is 0.267. The van der Waals surface area contributed by atoms with Gasteiger partial charge >= 0.3 is 37.7 Å². The third kappa shape index (κ3) is 4.35. The van der Waals surface area contributed by atoms with Crippen LogP contribution in [0.25, 0.3) is 32.7 Å². The normalized spacial score (nSPS) is 11.4. The van der Waals surface area contributed by atoms with Crippen LogP contribution in [0.4, 0.5) is 0 Å². The molecule has 0 aliphatic carbocycles. The van der Waals surface area contributed by atoms with Crippen molar-refractivity contribution in [2.45, 2.75) is 53.4 Å². The summed E-state index contributed by atoms with van der Waals surface area (Å²) in [6.07, 6.45) is 0.682. The first-order valence-electron chi connectivity index (χ1n) is 12.2. The number of carbonyl (C=O) groups is 2. The monoisotopic (exact) mass is 560 g/mol. The molecule has 6 N–H and O–H groups in total. The molecule has 0 spiro atoms. The molecule has 0 bridgehead atoms. The standard InChI is InChI=1S/C30H30O8.Ca.2H/c1-11(2)19-15-7-13(5)21(27(35)23(15)17(9-31)25(33)29(19)37)22-14(6)8-16-20(12(3)4)30(38)26(34)18(10-32)24(16)28(22)36;;;/h7-12,33-38H,1-6H3;;;. The number of aryl methyl sites for hydroxylation is 2. The summed E-state index contributed by atoms with van der Waals surface area (Å²) in [6, 6.07) is 3.31. The molecule has 0 aromatic heterocycles. The fourth-order valence-corrected chi connectivity index (χ4v) is 5.60. The Morgan fingerprint density at radius 1 is 0.564 bits per heavy atom. The molecule has 0 heterocycles. The number of carbonyl (C=O) groups excluding carboxylic acids is 2.